The van der Waals surface area contributed by atoms with Crippen molar-refractivity contribution in [3.63, 3.8) is 0 Å². The average Bonchev–Trinajstić information content (AvgIpc) is 2.99. The fourth-order valence-electron chi connectivity index (χ4n) is 3.20. The third kappa shape index (κ3) is 3.58. The molecule has 0 aliphatic carbocycles. The van der Waals surface area contributed by atoms with E-state index in [1.807, 2.05) is 0 Å². The van der Waals surface area contributed by atoms with Crippen molar-refractivity contribution in [2.75, 3.05) is 11.9 Å². The van der Waals surface area contributed by atoms with Gasteiger partial charge in [-0.2, -0.15) is 0 Å². The second-order valence-corrected chi connectivity index (χ2v) is 7.18. The van der Waals surface area contributed by atoms with Crippen molar-refractivity contribution in [1.29, 1.82) is 0 Å². The van der Waals surface area contributed by atoms with E-state index < -0.39 is 30.3 Å². The van der Waals surface area contributed by atoms with Crippen LogP contribution < -0.4 is 16.0 Å². The molecule has 0 bridgehead atoms. The number of fused-ring (bicyclic) bond motifs is 1. The van der Waals surface area contributed by atoms with E-state index in [1.165, 1.54) is 11.8 Å². The maximum absolute atomic E-state index is 12.4. The first-order valence-corrected chi connectivity index (χ1v) is 8.84. The van der Waals surface area contributed by atoms with E-state index in [9.17, 15) is 19.5 Å². The first-order valence-electron chi connectivity index (χ1n) is 8.08. The summed E-state index contributed by atoms with van der Waals surface area (Å²) in [6.07, 6.45) is -0.710. The number of urea groups is 1. The maximum Gasteiger partial charge on any atom is 0.319 e. The van der Waals surface area contributed by atoms with Crippen LogP contribution in [-0.2, 0) is 9.59 Å². The van der Waals surface area contributed by atoms with Gasteiger partial charge in [-0.3, -0.25) is 9.59 Å². The van der Waals surface area contributed by atoms with Gasteiger partial charge in [0, 0.05) is 6.54 Å². The zero-order valence-electron chi connectivity index (χ0n) is 13.8. The summed E-state index contributed by atoms with van der Waals surface area (Å²) in [5, 5.41) is 18.1. The summed E-state index contributed by atoms with van der Waals surface area (Å²) in [7, 11) is 0. The lowest BCUT2D eigenvalue weighted by Gasteiger charge is -2.35. The summed E-state index contributed by atoms with van der Waals surface area (Å²) in [6, 6.07) is 2.27. The highest BCUT2D eigenvalue weighted by atomic mass is 35.5. The number of halogens is 2. The second-order valence-electron chi connectivity index (χ2n) is 6.36. The highest BCUT2D eigenvalue weighted by molar-refractivity contribution is 6.39. The van der Waals surface area contributed by atoms with Gasteiger partial charge in [0.2, 0.25) is 11.8 Å². The standard InChI is InChI=1S/C16H18Cl2N4O4/c1-7(23)12-15(25)22-6-8(5-11(22)14(24)20-12)19-16(26)21-13-9(17)3-2-4-10(13)18/h2-4,7-8,11-12,23H,5-6H2,1H3,(H,20,24)(H2,19,21,26)/t7-,8+,11+,12+/m1/s1. The summed E-state index contributed by atoms with van der Waals surface area (Å²) in [5.74, 6) is -0.696. The number of rotatable bonds is 3. The van der Waals surface area contributed by atoms with Crippen molar-refractivity contribution in [2.24, 2.45) is 0 Å². The van der Waals surface area contributed by atoms with Crippen LogP contribution in [0.3, 0.4) is 0 Å². The van der Waals surface area contributed by atoms with E-state index in [0.29, 0.717) is 10.0 Å². The van der Waals surface area contributed by atoms with Gasteiger partial charge in [0.1, 0.15) is 12.1 Å². The number of para-hydroxylation sites is 1. The van der Waals surface area contributed by atoms with Gasteiger partial charge in [0.25, 0.3) is 0 Å². The van der Waals surface area contributed by atoms with Crippen LogP contribution >= 0.6 is 23.2 Å². The minimum atomic E-state index is -0.995. The molecule has 1 aromatic carbocycles. The maximum atomic E-state index is 12.4. The van der Waals surface area contributed by atoms with Gasteiger partial charge in [-0.1, -0.05) is 29.3 Å². The Morgan fingerprint density at radius 3 is 2.62 bits per heavy atom. The molecule has 2 aliphatic rings. The highest BCUT2D eigenvalue weighted by Gasteiger charge is 2.47. The van der Waals surface area contributed by atoms with Gasteiger partial charge in [0.05, 0.1) is 27.9 Å². The molecule has 140 valence electrons. The third-order valence-electron chi connectivity index (χ3n) is 4.47. The Kier molecular flexibility index (Phi) is 5.27. The van der Waals surface area contributed by atoms with Crippen molar-refractivity contribution in [1.82, 2.24) is 15.5 Å². The number of benzene rings is 1. The number of carbonyl (C=O) groups excluding carboxylic acids is 3. The zero-order valence-corrected chi connectivity index (χ0v) is 15.3. The van der Waals surface area contributed by atoms with Crippen LogP contribution in [0.4, 0.5) is 10.5 Å². The topological polar surface area (TPSA) is 111 Å². The molecule has 0 radical (unpaired) electrons. The number of hydrogen-bond acceptors (Lipinski definition) is 4. The normalized spacial score (nSPS) is 26.2. The number of nitrogens with one attached hydrogen (secondary N) is 3. The zero-order chi connectivity index (χ0) is 19.0. The van der Waals surface area contributed by atoms with E-state index in [0.717, 1.165) is 0 Å². The molecular weight excluding hydrogens is 383 g/mol. The summed E-state index contributed by atoms with van der Waals surface area (Å²) in [4.78, 5) is 38.2. The number of nitrogens with zero attached hydrogens (tertiary/aromatic N) is 1. The Balaban J connectivity index is 1.65. The minimum absolute atomic E-state index is 0.184. The average molecular weight is 401 g/mol. The van der Waals surface area contributed by atoms with Crippen LogP contribution in [0.2, 0.25) is 10.0 Å². The Hall–Kier alpha value is -2.03. The molecule has 4 N–H and O–H groups in total. The first-order chi connectivity index (χ1) is 12.3. The molecule has 0 saturated carbocycles. The monoisotopic (exact) mass is 400 g/mol. The van der Waals surface area contributed by atoms with Gasteiger partial charge in [-0.15, -0.1) is 0 Å². The fourth-order valence-corrected chi connectivity index (χ4v) is 3.69. The Bertz CT molecular complexity index is 738. The van der Waals surface area contributed by atoms with Gasteiger partial charge < -0.3 is 26.0 Å². The lowest BCUT2D eigenvalue weighted by molar-refractivity contribution is -0.149. The lowest BCUT2D eigenvalue weighted by atomic mass is 10.0. The molecule has 4 atom stereocenters. The molecule has 4 amide bonds. The van der Waals surface area contributed by atoms with Crippen LogP contribution in [-0.4, -0.2) is 58.6 Å². The quantitative estimate of drug-likeness (QED) is 0.605. The smallest absolute Gasteiger partial charge is 0.319 e. The van der Waals surface area contributed by atoms with Gasteiger partial charge in [-0.05, 0) is 25.5 Å². The number of aliphatic hydroxyl groups is 1. The molecule has 2 aliphatic heterocycles. The van der Waals surface area contributed by atoms with E-state index >= 15 is 0 Å². The van der Waals surface area contributed by atoms with Crippen LogP contribution in [0.1, 0.15) is 13.3 Å². The van der Waals surface area contributed by atoms with Crippen molar-refractivity contribution in [3.8, 4) is 0 Å². The molecule has 0 aromatic heterocycles. The number of aliphatic hydroxyl groups excluding tert-OH is 1. The molecule has 26 heavy (non-hydrogen) atoms. The van der Waals surface area contributed by atoms with Crippen LogP contribution in [0.5, 0.6) is 0 Å². The van der Waals surface area contributed by atoms with E-state index in [-0.39, 0.29) is 30.5 Å². The highest BCUT2D eigenvalue weighted by Crippen LogP contribution is 2.30. The number of anilines is 1. The Morgan fingerprint density at radius 2 is 2.00 bits per heavy atom. The predicted molar refractivity (Wildman–Crippen MR) is 96.1 cm³/mol. The van der Waals surface area contributed by atoms with E-state index in [2.05, 4.69) is 16.0 Å². The van der Waals surface area contributed by atoms with Gasteiger partial charge in [-0.25, -0.2) is 4.79 Å². The van der Waals surface area contributed by atoms with Crippen LogP contribution in [0.15, 0.2) is 18.2 Å². The predicted octanol–water partition coefficient (Wildman–Crippen LogP) is 0.964. The van der Waals surface area contributed by atoms with E-state index in [1.54, 1.807) is 18.2 Å². The molecule has 3 rings (SSSR count). The molecule has 1 aromatic rings. The summed E-state index contributed by atoms with van der Waals surface area (Å²) >= 11 is 12.0. The molecule has 2 heterocycles. The van der Waals surface area contributed by atoms with Crippen LogP contribution in [0.25, 0.3) is 0 Å². The number of hydrogen-bond donors (Lipinski definition) is 4. The SMILES string of the molecule is C[C@@H](O)[C@@H]1NC(=O)[C@@H]2C[C@H](NC(=O)Nc3c(Cl)cccc3Cl)CN2C1=O. The van der Waals surface area contributed by atoms with E-state index in [4.69, 9.17) is 23.2 Å². The second kappa shape index (κ2) is 7.30. The van der Waals surface area contributed by atoms with Gasteiger partial charge >= 0.3 is 6.03 Å². The van der Waals surface area contributed by atoms with Gasteiger partial charge in [0.15, 0.2) is 0 Å². The largest absolute Gasteiger partial charge is 0.391 e. The Labute approximate surface area is 159 Å². The number of amides is 4. The summed E-state index contributed by atoms with van der Waals surface area (Å²) in [5.41, 5.74) is 0.284. The lowest BCUT2D eigenvalue weighted by Crippen LogP contribution is -2.64. The Morgan fingerprint density at radius 1 is 1.35 bits per heavy atom. The molecule has 0 unspecified atom stereocenters. The molecule has 8 nitrogen and oxygen atoms in total. The van der Waals surface area contributed by atoms with Crippen LogP contribution in [0, 0.1) is 0 Å². The van der Waals surface area contributed by atoms with Crippen molar-refractivity contribution < 1.29 is 19.5 Å². The van der Waals surface area contributed by atoms with Crippen molar-refractivity contribution in [3.05, 3.63) is 28.2 Å². The molecular formula is C16H18Cl2N4O4. The number of piperazine rings is 1. The molecule has 0 spiro atoms. The molecule has 2 saturated heterocycles. The summed E-state index contributed by atoms with van der Waals surface area (Å²) < 4.78 is 0. The summed E-state index contributed by atoms with van der Waals surface area (Å²) in [6.45, 7) is 1.62. The molecule has 2 fully saturated rings. The molecule has 10 heteroatoms. The third-order valence-corrected chi connectivity index (χ3v) is 5.10. The fraction of sp³-hybridized carbons (Fsp3) is 0.438. The first kappa shape index (κ1) is 18.8. The minimum Gasteiger partial charge on any atom is -0.391 e. The van der Waals surface area contributed by atoms with Crippen molar-refractivity contribution >= 4 is 46.7 Å². The number of carbonyl (C=O) groups is 3. The van der Waals surface area contributed by atoms with Crippen molar-refractivity contribution in [2.45, 2.75) is 37.6 Å².